The molecule has 3 aromatic rings. The first kappa shape index (κ1) is 19.4. The summed E-state index contributed by atoms with van der Waals surface area (Å²) >= 11 is 0. The van der Waals surface area contributed by atoms with Crippen molar-refractivity contribution in [1.29, 1.82) is 0 Å². The van der Waals surface area contributed by atoms with Gasteiger partial charge in [0.25, 0.3) is 5.89 Å². The van der Waals surface area contributed by atoms with Gasteiger partial charge < -0.3 is 19.3 Å². The van der Waals surface area contributed by atoms with E-state index in [0.29, 0.717) is 17.3 Å². The topological polar surface area (TPSA) is 115 Å². The van der Waals surface area contributed by atoms with E-state index in [-0.39, 0.29) is 5.89 Å². The Kier molecular flexibility index (Phi) is 5.34. The monoisotopic (exact) mass is 385 g/mol. The van der Waals surface area contributed by atoms with Crippen molar-refractivity contribution in [3.8, 4) is 17.3 Å². The van der Waals surface area contributed by atoms with E-state index in [1.165, 1.54) is 0 Å². The molecule has 0 aliphatic rings. The highest BCUT2D eigenvalue weighted by molar-refractivity contribution is 5.69. The number of benzene rings is 1. The Hall–Kier alpha value is -3.36. The third-order valence-electron chi connectivity index (χ3n) is 3.85. The van der Waals surface area contributed by atoms with Crippen LogP contribution in [-0.2, 0) is 4.74 Å². The summed E-state index contributed by atoms with van der Waals surface area (Å²) in [7, 11) is 1.59. The van der Waals surface area contributed by atoms with Crippen LogP contribution < -0.4 is 10.1 Å². The molecule has 9 heteroatoms. The highest BCUT2D eigenvalue weighted by Crippen LogP contribution is 2.26. The molecule has 0 saturated heterocycles. The maximum absolute atomic E-state index is 12.4. The number of methoxy groups -OCH3 is 1. The summed E-state index contributed by atoms with van der Waals surface area (Å²) in [6.45, 7) is 7.26. The van der Waals surface area contributed by atoms with E-state index in [1.54, 1.807) is 46.2 Å². The average Bonchev–Trinajstić information content (AvgIpc) is 3.27. The van der Waals surface area contributed by atoms with Crippen LogP contribution in [0.4, 0.5) is 4.79 Å². The Balaban J connectivity index is 1.92. The lowest BCUT2D eigenvalue weighted by Crippen LogP contribution is -2.35. The maximum Gasteiger partial charge on any atom is 0.408 e. The van der Waals surface area contributed by atoms with Crippen LogP contribution >= 0.6 is 0 Å². The molecule has 0 spiro atoms. The Morgan fingerprint density at radius 2 is 1.96 bits per heavy atom. The minimum atomic E-state index is -0.665. The van der Waals surface area contributed by atoms with Crippen molar-refractivity contribution in [3.05, 3.63) is 47.4 Å². The fourth-order valence-corrected chi connectivity index (χ4v) is 2.54. The van der Waals surface area contributed by atoms with Gasteiger partial charge >= 0.3 is 6.09 Å². The number of amides is 1. The van der Waals surface area contributed by atoms with E-state index in [1.807, 2.05) is 19.1 Å². The lowest BCUT2D eigenvalue weighted by atomic mass is 10.1. The van der Waals surface area contributed by atoms with Crippen LogP contribution in [0.5, 0.6) is 5.75 Å². The van der Waals surface area contributed by atoms with Crippen molar-refractivity contribution in [2.24, 2.45) is 0 Å². The van der Waals surface area contributed by atoms with E-state index in [9.17, 15) is 4.79 Å². The van der Waals surface area contributed by atoms with Crippen LogP contribution in [0.15, 0.2) is 35.0 Å². The summed E-state index contributed by atoms with van der Waals surface area (Å²) in [6.07, 6.45) is 1.08. The summed E-state index contributed by atoms with van der Waals surface area (Å²) in [5, 5.41) is 13.6. The number of nitrogens with zero attached hydrogens (tertiary/aromatic N) is 3. The average molecular weight is 385 g/mol. The van der Waals surface area contributed by atoms with Crippen molar-refractivity contribution >= 4 is 6.09 Å². The molecule has 2 N–H and O–H groups in total. The van der Waals surface area contributed by atoms with Crippen LogP contribution in [0.3, 0.4) is 0 Å². The standard InChI is InChI=1S/C19H23N5O4/c1-11-10-20-23-14(11)17-22-16(24-28-17)15(21-18(25)27-19(2,3)4)12-6-8-13(26-5)9-7-12/h6-10,15H,1-5H3,(H,20,23)(H,21,25). The number of aromatic amines is 1. The Morgan fingerprint density at radius 1 is 1.25 bits per heavy atom. The number of rotatable bonds is 5. The molecule has 2 heterocycles. The number of hydrogen-bond acceptors (Lipinski definition) is 7. The zero-order valence-electron chi connectivity index (χ0n) is 16.4. The third-order valence-corrected chi connectivity index (χ3v) is 3.85. The Morgan fingerprint density at radius 3 is 2.54 bits per heavy atom. The predicted octanol–water partition coefficient (Wildman–Crippen LogP) is 3.39. The van der Waals surface area contributed by atoms with Gasteiger partial charge in [0.1, 0.15) is 23.1 Å². The second-order valence-electron chi connectivity index (χ2n) is 7.24. The highest BCUT2D eigenvalue weighted by atomic mass is 16.6. The molecule has 148 valence electrons. The highest BCUT2D eigenvalue weighted by Gasteiger charge is 2.26. The molecule has 0 bridgehead atoms. The minimum Gasteiger partial charge on any atom is -0.497 e. The lowest BCUT2D eigenvalue weighted by molar-refractivity contribution is 0.0510. The number of H-pyrrole nitrogens is 1. The van der Waals surface area contributed by atoms with Gasteiger partial charge in [-0.3, -0.25) is 5.10 Å². The quantitative estimate of drug-likeness (QED) is 0.691. The molecular formula is C19H23N5O4. The van der Waals surface area contributed by atoms with Crippen LogP contribution in [0.25, 0.3) is 11.6 Å². The van der Waals surface area contributed by atoms with Gasteiger partial charge in [-0.1, -0.05) is 17.3 Å². The van der Waals surface area contributed by atoms with E-state index in [2.05, 4.69) is 25.7 Å². The molecule has 0 radical (unpaired) electrons. The second kappa shape index (κ2) is 7.71. The fraction of sp³-hybridized carbons (Fsp3) is 0.368. The number of ether oxygens (including phenoxy) is 2. The van der Waals surface area contributed by atoms with Crippen molar-refractivity contribution < 1.29 is 18.8 Å². The van der Waals surface area contributed by atoms with Crippen molar-refractivity contribution in [3.63, 3.8) is 0 Å². The lowest BCUT2D eigenvalue weighted by Gasteiger charge is -2.22. The van der Waals surface area contributed by atoms with Gasteiger partial charge in [-0.05, 0) is 51.0 Å². The smallest absolute Gasteiger partial charge is 0.408 e. The van der Waals surface area contributed by atoms with Crippen LogP contribution in [0.2, 0.25) is 0 Å². The molecule has 9 nitrogen and oxygen atoms in total. The van der Waals surface area contributed by atoms with Crippen LogP contribution in [-0.4, -0.2) is 39.1 Å². The van der Waals surface area contributed by atoms with Gasteiger partial charge in [-0.2, -0.15) is 10.1 Å². The molecule has 0 saturated carbocycles. The normalized spacial score (nSPS) is 12.5. The van der Waals surface area contributed by atoms with Gasteiger partial charge in [-0.15, -0.1) is 0 Å². The number of aromatic nitrogens is 4. The summed E-state index contributed by atoms with van der Waals surface area (Å²) in [4.78, 5) is 16.8. The summed E-state index contributed by atoms with van der Waals surface area (Å²) < 4.78 is 15.9. The van der Waals surface area contributed by atoms with Gasteiger partial charge in [-0.25, -0.2) is 4.79 Å². The number of carbonyl (C=O) groups excluding carboxylic acids is 1. The number of nitrogens with one attached hydrogen (secondary N) is 2. The molecule has 0 fully saturated rings. The number of carbonyl (C=O) groups is 1. The molecule has 2 aromatic heterocycles. The molecule has 0 aliphatic heterocycles. The molecule has 1 amide bonds. The molecule has 28 heavy (non-hydrogen) atoms. The second-order valence-corrected chi connectivity index (χ2v) is 7.24. The minimum absolute atomic E-state index is 0.287. The van der Waals surface area contributed by atoms with Gasteiger partial charge in [0.2, 0.25) is 0 Å². The Labute approximate surface area is 162 Å². The zero-order chi connectivity index (χ0) is 20.3. The van der Waals surface area contributed by atoms with E-state index >= 15 is 0 Å². The van der Waals surface area contributed by atoms with E-state index < -0.39 is 17.7 Å². The van der Waals surface area contributed by atoms with Crippen molar-refractivity contribution in [2.75, 3.05) is 7.11 Å². The SMILES string of the molecule is COc1ccc(C(NC(=O)OC(C)(C)C)c2noc(-c3[nH]ncc3C)n2)cc1. The molecular weight excluding hydrogens is 362 g/mol. The van der Waals surface area contributed by atoms with Crippen LogP contribution in [0, 0.1) is 6.92 Å². The largest absolute Gasteiger partial charge is 0.497 e. The Bertz CT molecular complexity index is 940. The van der Waals surface area contributed by atoms with E-state index in [0.717, 1.165) is 11.1 Å². The number of aryl methyl sites for hydroxylation is 1. The zero-order valence-corrected chi connectivity index (χ0v) is 16.4. The molecule has 0 aliphatic carbocycles. The summed E-state index contributed by atoms with van der Waals surface area (Å²) in [5.74, 6) is 1.27. The predicted molar refractivity (Wildman–Crippen MR) is 101 cm³/mol. The third kappa shape index (κ3) is 4.48. The van der Waals surface area contributed by atoms with Crippen molar-refractivity contribution in [1.82, 2.24) is 25.7 Å². The van der Waals surface area contributed by atoms with E-state index in [4.69, 9.17) is 14.0 Å². The first-order chi connectivity index (χ1) is 13.3. The fourth-order valence-electron chi connectivity index (χ4n) is 2.54. The van der Waals surface area contributed by atoms with Gasteiger partial charge in [0, 0.05) is 0 Å². The summed E-state index contributed by atoms with van der Waals surface area (Å²) in [5.41, 5.74) is 1.62. The summed E-state index contributed by atoms with van der Waals surface area (Å²) in [6, 6.07) is 6.55. The molecule has 3 rings (SSSR count). The molecule has 1 atom stereocenters. The van der Waals surface area contributed by atoms with Gasteiger partial charge in [0.05, 0.1) is 13.3 Å². The molecule has 1 unspecified atom stereocenters. The first-order valence-corrected chi connectivity index (χ1v) is 8.74. The number of hydrogen-bond donors (Lipinski definition) is 2. The van der Waals surface area contributed by atoms with Gasteiger partial charge in [0.15, 0.2) is 5.82 Å². The molecule has 1 aromatic carbocycles. The maximum atomic E-state index is 12.4. The van der Waals surface area contributed by atoms with Crippen molar-refractivity contribution in [2.45, 2.75) is 39.3 Å². The van der Waals surface area contributed by atoms with Crippen LogP contribution in [0.1, 0.15) is 43.8 Å². The number of alkyl carbamates (subject to hydrolysis) is 1. The first-order valence-electron chi connectivity index (χ1n) is 8.74.